The van der Waals surface area contributed by atoms with Crippen molar-refractivity contribution in [2.75, 3.05) is 0 Å². The first-order valence-corrected chi connectivity index (χ1v) is 5.32. The summed E-state index contributed by atoms with van der Waals surface area (Å²) in [6, 6.07) is 0. The SMILES string of the molecule is CC1=CC(O)(C2CC2)CC(C)(C)C1. The lowest BCUT2D eigenvalue weighted by atomic mass is 9.69. The standard InChI is InChI=1S/C12H20O/c1-9-6-11(2,3)8-12(13,7-9)10-4-5-10/h7,10,13H,4-6,8H2,1-3H3. The van der Waals surface area contributed by atoms with Gasteiger partial charge in [0.1, 0.15) is 0 Å². The number of hydrogen-bond donors (Lipinski definition) is 1. The highest BCUT2D eigenvalue weighted by Gasteiger charge is 2.47. The molecule has 1 unspecified atom stereocenters. The molecule has 1 heteroatoms. The molecule has 1 fully saturated rings. The number of hydrogen-bond acceptors (Lipinski definition) is 1. The minimum Gasteiger partial charge on any atom is -0.385 e. The van der Waals surface area contributed by atoms with Crippen LogP contribution in [0.4, 0.5) is 0 Å². The second kappa shape index (κ2) is 2.60. The molecule has 1 saturated carbocycles. The number of aliphatic hydroxyl groups is 1. The lowest BCUT2D eigenvalue weighted by molar-refractivity contribution is 0.0119. The Kier molecular flexibility index (Phi) is 1.85. The molecular formula is C12H20O. The maximum absolute atomic E-state index is 10.4. The van der Waals surface area contributed by atoms with Gasteiger partial charge in [0.25, 0.3) is 0 Å². The van der Waals surface area contributed by atoms with E-state index in [1.54, 1.807) is 0 Å². The minimum atomic E-state index is -0.466. The van der Waals surface area contributed by atoms with Gasteiger partial charge in [0, 0.05) is 0 Å². The first-order valence-electron chi connectivity index (χ1n) is 5.32. The van der Waals surface area contributed by atoms with Crippen LogP contribution in [-0.4, -0.2) is 10.7 Å². The Bertz CT molecular complexity index is 248. The third-order valence-electron chi connectivity index (χ3n) is 3.30. The fourth-order valence-corrected chi connectivity index (χ4v) is 2.96. The Morgan fingerprint density at radius 3 is 2.46 bits per heavy atom. The average Bonchev–Trinajstić information content (AvgIpc) is 2.57. The van der Waals surface area contributed by atoms with Gasteiger partial charge in [-0.15, -0.1) is 0 Å². The van der Waals surface area contributed by atoms with Crippen molar-refractivity contribution in [1.82, 2.24) is 0 Å². The van der Waals surface area contributed by atoms with Crippen molar-refractivity contribution >= 4 is 0 Å². The summed E-state index contributed by atoms with van der Waals surface area (Å²) < 4.78 is 0. The van der Waals surface area contributed by atoms with Crippen LogP contribution in [0.3, 0.4) is 0 Å². The van der Waals surface area contributed by atoms with E-state index in [9.17, 15) is 5.11 Å². The van der Waals surface area contributed by atoms with Crippen LogP contribution in [0, 0.1) is 11.3 Å². The normalized spacial score (nSPS) is 38.6. The summed E-state index contributed by atoms with van der Waals surface area (Å²) in [4.78, 5) is 0. The smallest absolute Gasteiger partial charge is 0.0863 e. The van der Waals surface area contributed by atoms with Gasteiger partial charge < -0.3 is 5.11 Å². The summed E-state index contributed by atoms with van der Waals surface area (Å²) in [6.07, 6.45) is 6.65. The molecule has 0 amide bonds. The molecule has 0 radical (unpaired) electrons. The van der Waals surface area contributed by atoms with Gasteiger partial charge in [0.2, 0.25) is 0 Å². The van der Waals surface area contributed by atoms with Crippen LogP contribution >= 0.6 is 0 Å². The molecule has 2 aliphatic rings. The number of rotatable bonds is 1. The quantitative estimate of drug-likeness (QED) is 0.615. The van der Waals surface area contributed by atoms with Crippen molar-refractivity contribution in [3.8, 4) is 0 Å². The van der Waals surface area contributed by atoms with Crippen molar-refractivity contribution in [3.05, 3.63) is 11.6 Å². The van der Waals surface area contributed by atoms with E-state index in [1.807, 2.05) is 0 Å². The van der Waals surface area contributed by atoms with Crippen LogP contribution in [0.25, 0.3) is 0 Å². The molecule has 0 aliphatic heterocycles. The summed E-state index contributed by atoms with van der Waals surface area (Å²) in [6.45, 7) is 6.67. The highest BCUT2D eigenvalue weighted by molar-refractivity contribution is 5.20. The van der Waals surface area contributed by atoms with Gasteiger partial charge in [0.15, 0.2) is 0 Å². The zero-order chi connectivity index (χ0) is 9.69. The van der Waals surface area contributed by atoms with Crippen LogP contribution < -0.4 is 0 Å². The summed E-state index contributed by atoms with van der Waals surface area (Å²) in [7, 11) is 0. The molecule has 74 valence electrons. The van der Waals surface area contributed by atoms with Gasteiger partial charge in [-0.3, -0.25) is 0 Å². The Hall–Kier alpha value is -0.300. The van der Waals surface area contributed by atoms with E-state index in [0.717, 1.165) is 12.8 Å². The molecule has 0 bridgehead atoms. The van der Waals surface area contributed by atoms with Crippen LogP contribution in [0.2, 0.25) is 0 Å². The lowest BCUT2D eigenvalue weighted by Gasteiger charge is -2.40. The fraction of sp³-hybridized carbons (Fsp3) is 0.833. The molecule has 0 aromatic carbocycles. The zero-order valence-electron chi connectivity index (χ0n) is 8.93. The zero-order valence-corrected chi connectivity index (χ0v) is 8.93. The molecule has 1 N–H and O–H groups in total. The van der Waals surface area contributed by atoms with Crippen molar-refractivity contribution in [1.29, 1.82) is 0 Å². The van der Waals surface area contributed by atoms with E-state index >= 15 is 0 Å². The van der Waals surface area contributed by atoms with Gasteiger partial charge in [-0.05, 0) is 43.9 Å². The van der Waals surface area contributed by atoms with Gasteiger partial charge in [-0.25, -0.2) is 0 Å². The van der Waals surface area contributed by atoms with Gasteiger partial charge in [-0.1, -0.05) is 25.5 Å². The monoisotopic (exact) mass is 180 g/mol. The van der Waals surface area contributed by atoms with Gasteiger partial charge >= 0.3 is 0 Å². The second-order valence-corrected chi connectivity index (χ2v) is 5.77. The van der Waals surface area contributed by atoms with Crippen LogP contribution in [0.15, 0.2) is 11.6 Å². The highest BCUT2D eigenvalue weighted by Crippen LogP contribution is 2.50. The highest BCUT2D eigenvalue weighted by atomic mass is 16.3. The average molecular weight is 180 g/mol. The Morgan fingerprint density at radius 1 is 1.38 bits per heavy atom. The second-order valence-electron chi connectivity index (χ2n) is 5.77. The third kappa shape index (κ3) is 1.80. The summed E-state index contributed by atoms with van der Waals surface area (Å²) in [5, 5.41) is 10.4. The molecule has 0 aromatic heterocycles. The third-order valence-corrected chi connectivity index (χ3v) is 3.30. The van der Waals surface area contributed by atoms with Gasteiger partial charge in [0.05, 0.1) is 5.60 Å². The Labute approximate surface area is 80.8 Å². The minimum absolute atomic E-state index is 0.288. The van der Waals surface area contributed by atoms with E-state index in [1.165, 1.54) is 18.4 Å². The first-order chi connectivity index (χ1) is 5.91. The number of allylic oxidation sites excluding steroid dienone is 1. The van der Waals surface area contributed by atoms with E-state index in [0.29, 0.717) is 5.92 Å². The van der Waals surface area contributed by atoms with Crippen LogP contribution in [0.1, 0.15) is 46.5 Å². The molecule has 0 aromatic rings. The van der Waals surface area contributed by atoms with Crippen molar-refractivity contribution in [2.45, 2.75) is 52.1 Å². The molecule has 2 aliphatic carbocycles. The van der Waals surface area contributed by atoms with Crippen LogP contribution in [-0.2, 0) is 0 Å². The van der Waals surface area contributed by atoms with Crippen molar-refractivity contribution < 1.29 is 5.11 Å². The predicted molar refractivity (Wildman–Crippen MR) is 54.4 cm³/mol. The Morgan fingerprint density at radius 2 is 2.00 bits per heavy atom. The molecule has 0 spiro atoms. The first kappa shape index (κ1) is 9.26. The molecule has 2 rings (SSSR count). The topological polar surface area (TPSA) is 20.2 Å². The van der Waals surface area contributed by atoms with Crippen LogP contribution in [0.5, 0.6) is 0 Å². The molecule has 0 saturated heterocycles. The predicted octanol–water partition coefficient (Wildman–Crippen LogP) is 2.89. The maximum Gasteiger partial charge on any atom is 0.0863 e. The molecule has 1 atom stereocenters. The summed E-state index contributed by atoms with van der Waals surface area (Å²) >= 11 is 0. The van der Waals surface area contributed by atoms with E-state index < -0.39 is 5.60 Å². The van der Waals surface area contributed by atoms with E-state index in [-0.39, 0.29) is 5.41 Å². The summed E-state index contributed by atoms with van der Waals surface area (Å²) in [5.74, 6) is 0.557. The lowest BCUT2D eigenvalue weighted by Crippen LogP contribution is -2.38. The maximum atomic E-state index is 10.4. The fourth-order valence-electron chi connectivity index (χ4n) is 2.96. The molecule has 13 heavy (non-hydrogen) atoms. The van der Waals surface area contributed by atoms with E-state index in [4.69, 9.17) is 0 Å². The Balaban J connectivity index is 2.24. The molecule has 0 heterocycles. The molecular weight excluding hydrogens is 160 g/mol. The largest absolute Gasteiger partial charge is 0.385 e. The molecule has 1 nitrogen and oxygen atoms in total. The summed E-state index contributed by atoms with van der Waals surface area (Å²) in [5.41, 5.74) is 1.19. The van der Waals surface area contributed by atoms with Crippen molar-refractivity contribution in [2.24, 2.45) is 11.3 Å². The van der Waals surface area contributed by atoms with Crippen molar-refractivity contribution in [3.63, 3.8) is 0 Å². The van der Waals surface area contributed by atoms with Gasteiger partial charge in [-0.2, -0.15) is 0 Å². The van der Waals surface area contributed by atoms with E-state index in [2.05, 4.69) is 26.8 Å².